The van der Waals surface area contributed by atoms with Crippen LogP contribution in [-0.4, -0.2) is 27.7 Å². The third kappa shape index (κ3) is 3.35. The van der Waals surface area contributed by atoms with Crippen molar-refractivity contribution in [1.29, 1.82) is 0 Å². The zero-order valence-corrected chi connectivity index (χ0v) is 14.5. The Labute approximate surface area is 152 Å². The van der Waals surface area contributed by atoms with Gasteiger partial charge in [0, 0.05) is 12.7 Å². The van der Waals surface area contributed by atoms with Gasteiger partial charge in [0.25, 0.3) is 0 Å². The van der Waals surface area contributed by atoms with E-state index in [0.717, 1.165) is 22.3 Å². The summed E-state index contributed by atoms with van der Waals surface area (Å²) in [6, 6.07) is 8.57. The summed E-state index contributed by atoms with van der Waals surface area (Å²) >= 11 is 5.98. The number of nitrogens with zero attached hydrogens (tertiary/aromatic N) is 3. The van der Waals surface area contributed by atoms with Gasteiger partial charge in [-0.2, -0.15) is 8.78 Å². The molecule has 0 saturated carbocycles. The van der Waals surface area contributed by atoms with Crippen LogP contribution in [0.25, 0.3) is 5.52 Å². The first-order valence-electron chi connectivity index (χ1n) is 7.95. The predicted octanol–water partition coefficient (Wildman–Crippen LogP) is 3.48. The second kappa shape index (κ2) is 6.79. The molecule has 0 spiro atoms. The molecular weight excluding hydrogens is 366 g/mol. The molecule has 1 aliphatic heterocycles. The molecule has 26 heavy (non-hydrogen) atoms. The molecule has 4 rings (SSSR count). The van der Waals surface area contributed by atoms with E-state index < -0.39 is 6.61 Å². The summed E-state index contributed by atoms with van der Waals surface area (Å²) in [5.74, 6) is -0.0541. The number of hydrogen-bond acceptors (Lipinski definition) is 5. The lowest BCUT2D eigenvalue weighted by Crippen LogP contribution is -2.18. The van der Waals surface area contributed by atoms with Crippen LogP contribution >= 0.6 is 11.6 Å². The summed E-state index contributed by atoms with van der Waals surface area (Å²) in [7, 11) is 0. The van der Waals surface area contributed by atoms with E-state index in [2.05, 4.69) is 20.4 Å². The van der Waals surface area contributed by atoms with E-state index in [1.807, 2.05) is 25.3 Å². The summed E-state index contributed by atoms with van der Waals surface area (Å²) < 4.78 is 36.2. The number of benzene rings is 1. The minimum Gasteiger partial charge on any atom is -0.433 e. The molecule has 0 aliphatic carbocycles. The molecule has 1 aliphatic rings. The van der Waals surface area contributed by atoms with Crippen LogP contribution in [0.1, 0.15) is 22.9 Å². The van der Waals surface area contributed by atoms with Gasteiger partial charge in [0.1, 0.15) is 23.8 Å². The molecular formula is C17H15ClF2N4O2. The lowest BCUT2D eigenvalue weighted by atomic mass is 10.1. The number of halogens is 3. The highest BCUT2D eigenvalue weighted by molar-refractivity contribution is 6.32. The second-order valence-corrected chi connectivity index (χ2v) is 6.35. The molecule has 1 N–H and O–H groups in total. The van der Waals surface area contributed by atoms with Crippen LogP contribution < -0.4 is 10.1 Å². The van der Waals surface area contributed by atoms with E-state index in [-0.39, 0.29) is 23.1 Å². The Bertz CT molecular complexity index is 950. The Morgan fingerprint density at radius 2 is 2.23 bits per heavy atom. The van der Waals surface area contributed by atoms with Crippen LogP contribution in [0.3, 0.4) is 0 Å². The quantitative estimate of drug-likeness (QED) is 0.663. The molecule has 2 aromatic heterocycles. The maximum absolute atomic E-state index is 12.3. The first-order chi connectivity index (χ1) is 12.5. The van der Waals surface area contributed by atoms with Crippen molar-refractivity contribution in [2.45, 2.75) is 32.4 Å². The van der Waals surface area contributed by atoms with Gasteiger partial charge in [-0.05, 0) is 36.2 Å². The standard InChI is InChI=1S/C17H15ClF2N4O2/c1-9-3-2-6-24-14(9)12(22-23-24)8-21-16-15(26-16)10-4-5-13(11(18)7-10)25-17(19)20/h2-7,15-17,21H,8H2,1H3. The van der Waals surface area contributed by atoms with Crippen molar-refractivity contribution < 1.29 is 18.3 Å². The van der Waals surface area contributed by atoms with Gasteiger partial charge in [0.2, 0.25) is 0 Å². The minimum absolute atomic E-state index is 0.0541. The molecule has 3 aromatic rings. The maximum atomic E-state index is 12.3. The Morgan fingerprint density at radius 1 is 1.38 bits per heavy atom. The van der Waals surface area contributed by atoms with Gasteiger partial charge < -0.3 is 9.47 Å². The van der Waals surface area contributed by atoms with Crippen molar-refractivity contribution in [3.8, 4) is 5.75 Å². The monoisotopic (exact) mass is 380 g/mol. The van der Waals surface area contributed by atoms with Gasteiger partial charge in [-0.15, -0.1) is 5.10 Å². The van der Waals surface area contributed by atoms with Crippen molar-refractivity contribution in [1.82, 2.24) is 20.1 Å². The molecule has 1 aromatic carbocycles. The molecule has 6 nitrogen and oxygen atoms in total. The van der Waals surface area contributed by atoms with E-state index in [9.17, 15) is 8.78 Å². The molecule has 0 bridgehead atoms. The third-order valence-corrected chi connectivity index (χ3v) is 4.47. The Balaban J connectivity index is 1.40. The van der Waals surface area contributed by atoms with Gasteiger partial charge in [-0.25, -0.2) is 4.52 Å². The molecule has 136 valence electrons. The van der Waals surface area contributed by atoms with Crippen LogP contribution in [0.4, 0.5) is 8.78 Å². The van der Waals surface area contributed by atoms with E-state index in [0.29, 0.717) is 6.54 Å². The Morgan fingerprint density at radius 3 is 3.00 bits per heavy atom. The van der Waals surface area contributed by atoms with E-state index in [4.69, 9.17) is 16.3 Å². The third-order valence-electron chi connectivity index (χ3n) is 4.17. The number of epoxide rings is 1. The topological polar surface area (TPSA) is 64.0 Å². The maximum Gasteiger partial charge on any atom is 0.387 e. The fourth-order valence-corrected chi connectivity index (χ4v) is 3.14. The summed E-state index contributed by atoms with van der Waals surface area (Å²) in [4.78, 5) is 0. The highest BCUT2D eigenvalue weighted by atomic mass is 35.5. The Hall–Kier alpha value is -2.29. The fourth-order valence-electron chi connectivity index (χ4n) is 2.91. The average molecular weight is 381 g/mol. The summed E-state index contributed by atoms with van der Waals surface area (Å²) in [6.45, 7) is -0.411. The highest BCUT2D eigenvalue weighted by Gasteiger charge is 2.40. The molecule has 3 heterocycles. The molecule has 0 amide bonds. The van der Waals surface area contributed by atoms with Gasteiger partial charge >= 0.3 is 6.61 Å². The number of fused-ring (bicyclic) bond motifs is 1. The first-order valence-corrected chi connectivity index (χ1v) is 8.33. The molecule has 0 radical (unpaired) electrons. The van der Waals surface area contributed by atoms with Crippen LogP contribution in [0.15, 0.2) is 36.5 Å². The smallest absolute Gasteiger partial charge is 0.387 e. The van der Waals surface area contributed by atoms with Crippen LogP contribution in [0.5, 0.6) is 5.75 Å². The van der Waals surface area contributed by atoms with Gasteiger partial charge in [0.15, 0.2) is 0 Å². The molecule has 1 saturated heterocycles. The van der Waals surface area contributed by atoms with Crippen LogP contribution in [-0.2, 0) is 11.3 Å². The molecule has 2 unspecified atom stereocenters. The number of ether oxygens (including phenoxy) is 2. The normalized spacial score (nSPS) is 19.3. The summed E-state index contributed by atoms with van der Waals surface area (Å²) in [5, 5.41) is 11.7. The Kier molecular flexibility index (Phi) is 4.47. The van der Waals surface area contributed by atoms with E-state index >= 15 is 0 Å². The number of aromatic nitrogens is 3. The molecule has 2 atom stereocenters. The SMILES string of the molecule is Cc1cccn2nnc(CNC3OC3c3ccc(OC(F)F)c(Cl)c3)c12. The largest absolute Gasteiger partial charge is 0.433 e. The van der Waals surface area contributed by atoms with E-state index in [1.54, 1.807) is 16.6 Å². The van der Waals surface area contributed by atoms with Gasteiger partial charge in [-0.1, -0.05) is 28.9 Å². The van der Waals surface area contributed by atoms with Crippen molar-refractivity contribution in [3.05, 3.63) is 58.4 Å². The highest BCUT2D eigenvalue weighted by Crippen LogP contribution is 2.40. The van der Waals surface area contributed by atoms with Gasteiger partial charge in [0.05, 0.1) is 10.5 Å². The van der Waals surface area contributed by atoms with Crippen molar-refractivity contribution in [3.63, 3.8) is 0 Å². The number of pyridine rings is 1. The summed E-state index contributed by atoms with van der Waals surface area (Å²) in [6.07, 6.45) is 1.45. The summed E-state index contributed by atoms with van der Waals surface area (Å²) in [5.41, 5.74) is 3.67. The van der Waals surface area contributed by atoms with Gasteiger partial charge in [-0.3, -0.25) is 5.32 Å². The van der Waals surface area contributed by atoms with Crippen molar-refractivity contribution in [2.24, 2.45) is 0 Å². The number of alkyl halides is 2. The van der Waals surface area contributed by atoms with Crippen LogP contribution in [0, 0.1) is 6.92 Å². The minimum atomic E-state index is -2.91. The number of aryl methyl sites for hydroxylation is 1. The zero-order valence-electron chi connectivity index (χ0n) is 13.7. The van der Waals surface area contributed by atoms with Crippen LogP contribution in [0.2, 0.25) is 5.02 Å². The average Bonchev–Trinajstić information content (AvgIpc) is 3.25. The molecule has 9 heteroatoms. The van der Waals surface area contributed by atoms with Crippen molar-refractivity contribution >= 4 is 17.1 Å². The second-order valence-electron chi connectivity index (χ2n) is 5.95. The fraction of sp³-hybridized carbons (Fsp3) is 0.294. The van der Waals surface area contributed by atoms with Crippen molar-refractivity contribution in [2.75, 3.05) is 0 Å². The lowest BCUT2D eigenvalue weighted by molar-refractivity contribution is -0.0497. The number of rotatable bonds is 6. The van der Waals surface area contributed by atoms with E-state index in [1.165, 1.54) is 6.07 Å². The first kappa shape index (κ1) is 17.1. The number of hydrogen-bond donors (Lipinski definition) is 1. The molecule has 1 fully saturated rings. The predicted molar refractivity (Wildman–Crippen MR) is 90.3 cm³/mol. The zero-order chi connectivity index (χ0) is 18.3. The number of nitrogens with one attached hydrogen (secondary N) is 1. The lowest BCUT2D eigenvalue weighted by Gasteiger charge is -2.07.